The second-order valence-electron chi connectivity index (χ2n) is 7.56. The van der Waals surface area contributed by atoms with Gasteiger partial charge >= 0.3 is 0 Å². The predicted molar refractivity (Wildman–Crippen MR) is 109 cm³/mol. The third-order valence-corrected chi connectivity index (χ3v) is 5.90. The molecule has 154 valence electrons. The minimum atomic E-state index is -0.229. The molecule has 0 spiro atoms. The van der Waals surface area contributed by atoms with Gasteiger partial charge in [-0.15, -0.1) is 0 Å². The number of benzene rings is 2. The van der Waals surface area contributed by atoms with Crippen molar-refractivity contribution in [3.8, 4) is 11.5 Å². The number of hydrogen-bond acceptors (Lipinski definition) is 4. The number of amides is 1. The van der Waals surface area contributed by atoms with Crippen molar-refractivity contribution in [1.82, 2.24) is 10.2 Å². The number of hydrogen-bond donors (Lipinski definition) is 1. The van der Waals surface area contributed by atoms with Gasteiger partial charge in [0, 0.05) is 36.6 Å². The van der Waals surface area contributed by atoms with E-state index in [9.17, 15) is 9.18 Å². The van der Waals surface area contributed by atoms with Crippen LogP contribution in [0.4, 0.5) is 4.39 Å². The number of carbonyl (C=O) groups excluding carboxylic acids is 1. The highest BCUT2D eigenvalue weighted by Crippen LogP contribution is 2.36. The van der Waals surface area contributed by atoms with Gasteiger partial charge in [0.2, 0.25) is 12.7 Å². The van der Waals surface area contributed by atoms with Crippen LogP contribution in [-0.4, -0.2) is 30.2 Å². The lowest BCUT2D eigenvalue weighted by molar-refractivity contribution is -0.129. The van der Waals surface area contributed by atoms with Crippen LogP contribution in [0.5, 0.6) is 11.5 Å². The van der Waals surface area contributed by atoms with Gasteiger partial charge in [-0.25, -0.2) is 4.39 Å². The summed E-state index contributed by atoms with van der Waals surface area (Å²) in [5, 5.41) is 4.04. The van der Waals surface area contributed by atoms with Gasteiger partial charge in [0.1, 0.15) is 5.82 Å². The molecule has 0 bridgehead atoms. The molecule has 0 saturated carbocycles. The molecule has 1 atom stereocenters. The lowest BCUT2D eigenvalue weighted by atomic mass is 10.1. The van der Waals surface area contributed by atoms with Crippen molar-refractivity contribution in [2.75, 3.05) is 13.3 Å². The fraction of sp³-hybridized carbons (Fsp3) is 0.409. The van der Waals surface area contributed by atoms with E-state index in [1.54, 1.807) is 19.1 Å². The third kappa shape index (κ3) is 4.49. The highest BCUT2D eigenvalue weighted by molar-refractivity contribution is 6.31. The Bertz CT molecular complexity index is 921. The maximum absolute atomic E-state index is 13.8. The molecule has 2 aliphatic rings. The Morgan fingerprint density at radius 2 is 2.03 bits per heavy atom. The van der Waals surface area contributed by atoms with Gasteiger partial charge in [0.05, 0.1) is 0 Å². The molecule has 4 rings (SSSR count). The molecule has 1 unspecified atom stereocenters. The van der Waals surface area contributed by atoms with Gasteiger partial charge in [-0.05, 0) is 55.1 Å². The van der Waals surface area contributed by atoms with Crippen molar-refractivity contribution in [2.24, 2.45) is 0 Å². The van der Waals surface area contributed by atoms with Crippen LogP contribution < -0.4 is 14.8 Å². The Labute approximate surface area is 174 Å². The highest BCUT2D eigenvalue weighted by atomic mass is 35.5. The maximum atomic E-state index is 13.8. The van der Waals surface area contributed by atoms with Crippen LogP contribution in [0, 0.1) is 12.7 Å². The van der Waals surface area contributed by atoms with Crippen LogP contribution in [0.2, 0.25) is 5.02 Å². The average Bonchev–Trinajstić information content (AvgIpc) is 3.28. The maximum Gasteiger partial charge on any atom is 0.231 e. The van der Waals surface area contributed by atoms with Crippen LogP contribution >= 0.6 is 11.6 Å². The van der Waals surface area contributed by atoms with Crippen LogP contribution in [0.1, 0.15) is 36.0 Å². The zero-order valence-corrected chi connectivity index (χ0v) is 17.1. The van der Waals surface area contributed by atoms with Crippen molar-refractivity contribution in [3.63, 3.8) is 0 Å². The van der Waals surface area contributed by atoms with E-state index in [-0.39, 0.29) is 24.6 Å². The standard InChI is InChI=1S/C22H24ClFN2O3/c1-14-2-3-15(8-19(14)24)12-26-17(4-5-22(26)27)6-7-25-11-16-9-20-21(10-18(16)23)29-13-28-20/h2-3,8-10,17,25H,4-7,11-13H2,1H3. The van der Waals surface area contributed by atoms with Gasteiger partial charge in [-0.2, -0.15) is 0 Å². The fourth-order valence-corrected chi connectivity index (χ4v) is 4.05. The molecule has 1 saturated heterocycles. The van der Waals surface area contributed by atoms with E-state index in [1.165, 1.54) is 6.07 Å². The van der Waals surface area contributed by atoms with E-state index in [4.69, 9.17) is 21.1 Å². The van der Waals surface area contributed by atoms with Crippen LogP contribution in [0.25, 0.3) is 0 Å². The first-order valence-electron chi connectivity index (χ1n) is 9.84. The number of rotatable bonds is 7. The van der Waals surface area contributed by atoms with Gasteiger partial charge in [-0.3, -0.25) is 4.79 Å². The smallest absolute Gasteiger partial charge is 0.231 e. The summed E-state index contributed by atoms with van der Waals surface area (Å²) in [6.45, 7) is 3.77. The molecule has 2 aromatic carbocycles. The molecule has 7 heteroatoms. The topological polar surface area (TPSA) is 50.8 Å². The molecule has 0 aliphatic carbocycles. The van der Waals surface area contributed by atoms with Gasteiger partial charge < -0.3 is 19.7 Å². The number of nitrogens with one attached hydrogen (secondary N) is 1. The number of nitrogens with zero attached hydrogens (tertiary/aromatic N) is 1. The van der Waals surface area contributed by atoms with Crippen molar-refractivity contribution < 1.29 is 18.7 Å². The summed E-state index contributed by atoms with van der Waals surface area (Å²) in [7, 11) is 0. The lowest BCUT2D eigenvalue weighted by Crippen LogP contribution is -2.34. The van der Waals surface area contributed by atoms with Crippen molar-refractivity contribution in [3.05, 3.63) is 57.9 Å². The molecule has 1 amide bonds. The predicted octanol–water partition coefficient (Wildman–Crippen LogP) is 4.19. The molecule has 2 heterocycles. The zero-order valence-electron chi connectivity index (χ0n) is 16.3. The van der Waals surface area contributed by atoms with Crippen LogP contribution in [0.3, 0.4) is 0 Å². The summed E-state index contributed by atoms with van der Waals surface area (Å²) >= 11 is 6.31. The summed E-state index contributed by atoms with van der Waals surface area (Å²) < 4.78 is 24.6. The summed E-state index contributed by atoms with van der Waals surface area (Å²) in [6.07, 6.45) is 2.22. The molecule has 5 nitrogen and oxygen atoms in total. The zero-order chi connectivity index (χ0) is 20.4. The van der Waals surface area contributed by atoms with Crippen LogP contribution in [0.15, 0.2) is 30.3 Å². The van der Waals surface area contributed by atoms with Gasteiger partial charge in [0.25, 0.3) is 0 Å². The number of carbonyl (C=O) groups is 1. The third-order valence-electron chi connectivity index (χ3n) is 5.55. The molecule has 2 aromatic rings. The average molecular weight is 419 g/mol. The lowest BCUT2D eigenvalue weighted by Gasteiger charge is -2.25. The quantitative estimate of drug-likeness (QED) is 0.685. The Kier molecular flexibility index (Phi) is 5.92. The van der Waals surface area contributed by atoms with Crippen molar-refractivity contribution in [2.45, 2.75) is 45.3 Å². The fourth-order valence-electron chi connectivity index (χ4n) is 3.83. The normalized spacial score (nSPS) is 18.0. The first kappa shape index (κ1) is 20.0. The number of aryl methyl sites for hydroxylation is 1. The minimum absolute atomic E-state index is 0.134. The van der Waals surface area contributed by atoms with E-state index in [2.05, 4.69) is 5.32 Å². The molecular formula is C22H24ClFN2O3. The van der Waals surface area contributed by atoms with Gasteiger partial charge in [0.15, 0.2) is 11.5 Å². The largest absolute Gasteiger partial charge is 0.454 e. The molecule has 29 heavy (non-hydrogen) atoms. The van der Waals surface area contributed by atoms with Crippen molar-refractivity contribution >= 4 is 17.5 Å². The Morgan fingerprint density at radius 1 is 1.24 bits per heavy atom. The molecular weight excluding hydrogens is 395 g/mol. The van der Waals surface area contributed by atoms with E-state index in [1.807, 2.05) is 17.0 Å². The van der Waals surface area contributed by atoms with E-state index >= 15 is 0 Å². The van der Waals surface area contributed by atoms with Crippen LogP contribution in [-0.2, 0) is 17.9 Å². The molecule has 0 radical (unpaired) electrons. The highest BCUT2D eigenvalue weighted by Gasteiger charge is 2.30. The Hall–Kier alpha value is -2.31. The molecule has 2 aliphatic heterocycles. The monoisotopic (exact) mass is 418 g/mol. The number of fused-ring (bicyclic) bond motifs is 1. The first-order chi connectivity index (χ1) is 14.0. The summed E-state index contributed by atoms with van der Waals surface area (Å²) in [5.41, 5.74) is 2.39. The minimum Gasteiger partial charge on any atom is -0.454 e. The second-order valence-corrected chi connectivity index (χ2v) is 7.97. The first-order valence-corrected chi connectivity index (χ1v) is 10.2. The second kappa shape index (κ2) is 8.59. The number of halogens is 2. The summed E-state index contributed by atoms with van der Waals surface area (Å²) in [5.74, 6) is 1.29. The SMILES string of the molecule is Cc1ccc(CN2C(=O)CCC2CCNCc2cc3c(cc2Cl)OCO3)cc1F. The Balaban J connectivity index is 1.30. The molecule has 0 aromatic heterocycles. The Morgan fingerprint density at radius 3 is 2.83 bits per heavy atom. The molecule has 1 N–H and O–H groups in total. The number of ether oxygens (including phenoxy) is 2. The van der Waals surface area contributed by atoms with Crippen molar-refractivity contribution in [1.29, 1.82) is 0 Å². The van der Waals surface area contributed by atoms with E-state index in [0.717, 1.165) is 30.5 Å². The number of likely N-dealkylation sites (tertiary alicyclic amines) is 1. The van der Waals surface area contributed by atoms with Gasteiger partial charge in [-0.1, -0.05) is 23.7 Å². The van der Waals surface area contributed by atoms with E-state index < -0.39 is 0 Å². The summed E-state index contributed by atoms with van der Waals surface area (Å²) in [4.78, 5) is 14.2. The van der Waals surface area contributed by atoms with E-state index in [0.29, 0.717) is 41.6 Å². The summed E-state index contributed by atoms with van der Waals surface area (Å²) in [6, 6.07) is 9.01. The molecule has 1 fully saturated rings.